The summed E-state index contributed by atoms with van der Waals surface area (Å²) in [6.45, 7) is 0.0283. The zero-order valence-electron chi connectivity index (χ0n) is 16.8. The number of ether oxygens (including phenoxy) is 3. The van der Waals surface area contributed by atoms with Crippen molar-refractivity contribution in [3.63, 3.8) is 0 Å². The fraction of sp³-hybridized carbons (Fsp3) is 0.263. The third kappa shape index (κ3) is 6.34. The van der Waals surface area contributed by atoms with Gasteiger partial charge in [0, 0.05) is 42.1 Å². The van der Waals surface area contributed by atoms with Gasteiger partial charge in [0.2, 0.25) is 0 Å². The van der Waals surface area contributed by atoms with E-state index >= 15 is 0 Å². The van der Waals surface area contributed by atoms with Crippen molar-refractivity contribution >= 4 is 34.9 Å². The Morgan fingerprint density at radius 3 is 1.79 bits per heavy atom. The summed E-state index contributed by atoms with van der Waals surface area (Å²) < 4.78 is 15.4. The lowest BCUT2D eigenvalue weighted by atomic mass is 10.1. The van der Waals surface area contributed by atoms with Crippen LogP contribution in [0.2, 0.25) is 0 Å². The Hall–Kier alpha value is -4.30. The van der Waals surface area contributed by atoms with Gasteiger partial charge in [-0.25, -0.2) is 9.59 Å². The second kappa shape index (κ2) is 10.3. The monoisotopic (exact) mass is 462 g/mol. The van der Waals surface area contributed by atoms with Gasteiger partial charge >= 0.3 is 12.2 Å². The van der Waals surface area contributed by atoms with Crippen molar-refractivity contribution in [2.75, 3.05) is 17.2 Å². The number of non-ortho nitro benzene ring substituents is 2. The second-order valence-corrected chi connectivity index (χ2v) is 6.72. The number of nitro groups is 2. The molecule has 0 aliphatic carbocycles. The van der Waals surface area contributed by atoms with Crippen LogP contribution in [0, 0.1) is 20.2 Å². The number of carbonyl (C=O) groups excluding carboxylic acids is 2. The molecular weight excluding hydrogens is 444 g/mol. The SMILES string of the molecule is O=C(Nc1ccc([N+](=O)[O-])cc1)O[C@H]1[C@H](O)OCC[C@H]1OC(=O)Nc1ccc([N+](=O)[O-])cc1. The van der Waals surface area contributed by atoms with Crippen LogP contribution in [0.25, 0.3) is 0 Å². The Labute approximate surface area is 185 Å². The van der Waals surface area contributed by atoms with Crippen molar-refractivity contribution in [3.8, 4) is 0 Å². The van der Waals surface area contributed by atoms with Gasteiger partial charge in [0.05, 0.1) is 16.5 Å². The van der Waals surface area contributed by atoms with Gasteiger partial charge in [0.15, 0.2) is 12.4 Å². The zero-order valence-corrected chi connectivity index (χ0v) is 16.8. The average Bonchev–Trinajstić information content (AvgIpc) is 2.77. The van der Waals surface area contributed by atoms with Crippen LogP contribution in [0.15, 0.2) is 48.5 Å². The normalized spacial score (nSPS) is 19.7. The van der Waals surface area contributed by atoms with E-state index in [9.17, 15) is 34.9 Å². The van der Waals surface area contributed by atoms with E-state index in [1.165, 1.54) is 48.5 Å². The lowest BCUT2D eigenvalue weighted by Crippen LogP contribution is -2.50. The summed E-state index contributed by atoms with van der Waals surface area (Å²) in [6, 6.07) is 9.96. The molecule has 0 unspecified atom stereocenters. The molecule has 0 radical (unpaired) electrons. The van der Waals surface area contributed by atoms with E-state index in [4.69, 9.17) is 14.2 Å². The molecule has 1 heterocycles. The van der Waals surface area contributed by atoms with Crippen LogP contribution in [-0.4, -0.2) is 52.2 Å². The summed E-state index contributed by atoms with van der Waals surface area (Å²) in [5.74, 6) is 0. The number of hydrogen-bond donors (Lipinski definition) is 3. The molecular formula is C19H18N4O10. The summed E-state index contributed by atoms with van der Waals surface area (Å²) in [7, 11) is 0. The quantitative estimate of drug-likeness (QED) is 0.424. The number of nitrogens with zero attached hydrogens (tertiary/aromatic N) is 2. The number of nitrogens with one attached hydrogen (secondary N) is 2. The molecule has 1 saturated heterocycles. The number of nitro benzene ring substituents is 2. The van der Waals surface area contributed by atoms with E-state index in [1.807, 2.05) is 0 Å². The fourth-order valence-electron chi connectivity index (χ4n) is 2.90. The van der Waals surface area contributed by atoms with Crippen LogP contribution in [-0.2, 0) is 14.2 Å². The van der Waals surface area contributed by atoms with Crippen LogP contribution in [0.4, 0.5) is 32.3 Å². The maximum atomic E-state index is 12.2. The topological polar surface area (TPSA) is 192 Å². The standard InChI is InChI=1S/C19H18N4O10/c24-17-16(33-19(26)21-12-3-7-14(8-4-12)23(29)30)15(9-10-31-17)32-18(25)20-11-1-5-13(6-2-11)22(27)28/h1-8,15-17,24H,9-10H2,(H,20,25)(H,21,26)/t15-,16-,17-/m1/s1. The van der Waals surface area contributed by atoms with Crippen LogP contribution in [0.1, 0.15) is 6.42 Å². The number of benzene rings is 2. The number of rotatable bonds is 6. The maximum Gasteiger partial charge on any atom is 0.412 e. The molecule has 2 amide bonds. The molecule has 1 aliphatic heterocycles. The fourth-order valence-corrected chi connectivity index (χ4v) is 2.90. The van der Waals surface area contributed by atoms with Crippen LogP contribution < -0.4 is 10.6 Å². The second-order valence-electron chi connectivity index (χ2n) is 6.72. The molecule has 2 aromatic carbocycles. The molecule has 3 N–H and O–H groups in total. The van der Waals surface area contributed by atoms with E-state index in [-0.39, 0.29) is 35.8 Å². The van der Waals surface area contributed by atoms with Crippen molar-refractivity contribution in [1.29, 1.82) is 0 Å². The van der Waals surface area contributed by atoms with Crippen molar-refractivity contribution in [1.82, 2.24) is 0 Å². The minimum absolute atomic E-state index is 0.0283. The largest absolute Gasteiger partial charge is 0.442 e. The number of anilines is 2. The van der Waals surface area contributed by atoms with Gasteiger partial charge < -0.3 is 19.3 Å². The molecule has 1 fully saturated rings. The average molecular weight is 462 g/mol. The van der Waals surface area contributed by atoms with Crippen molar-refractivity contribution in [3.05, 3.63) is 68.8 Å². The maximum absolute atomic E-state index is 12.2. The first-order valence-electron chi connectivity index (χ1n) is 9.47. The predicted molar refractivity (Wildman–Crippen MR) is 111 cm³/mol. The molecule has 2 aromatic rings. The number of hydrogen-bond acceptors (Lipinski definition) is 10. The molecule has 1 aliphatic rings. The molecule has 3 atom stereocenters. The first kappa shape index (κ1) is 23.4. The summed E-state index contributed by atoms with van der Waals surface area (Å²) in [6.07, 6.45) is -5.83. The predicted octanol–water partition coefficient (Wildman–Crippen LogP) is 2.78. The lowest BCUT2D eigenvalue weighted by Gasteiger charge is -2.34. The van der Waals surface area contributed by atoms with Gasteiger partial charge in [-0.2, -0.15) is 0 Å². The zero-order chi connectivity index (χ0) is 24.0. The molecule has 174 valence electrons. The molecule has 0 saturated carbocycles. The Bertz CT molecular complexity index is 1030. The highest BCUT2D eigenvalue weighted by Crippen LogP contribution is 2.22. The molecule has 0 spiro atoms. The summed E-state index contributed by atoms with van der Waals surface area (Å²) in [5.41, 5.74) is 0.100. The third-order valence-electron chi connectivity index (χ3n) is 4.49. The molecule has 33 heavy (non-hydrogen) atoms. The molecule has 0 bridgehead atoms. The minimum Gasteiger partial charge on any atom is -0.442 e. The highest BCUT2D eigenvalue weighted by molar-refractivity contribution is 5.86. The smallest absolute Gasteiger partial charge is 0.412 e. The van der Waals surface area contributed by atoms with Crippen LogP contribution >= 0.6 is 0 Å². The van der Waals surface area contributed by atoms with Crippen LogP contribution in [0.3, 0.4) is 0 Å². The first-order valence-corrected chi connectivity index (χ1v) is 9.47. The summed E-state index contributed by atoms with van der Waals surface area (Å²) >= 11 is 0. The Kier molecular flexibility index (Phi) is 7.32. The van der Waals surface area contributed by atoms with Gasteiger partial charge in [-0.15, -0.1) is 0 Å². The Balaban J connectivity index is 1.58. The van der Waals surface area contributed by atoms with Gasteiger partial charge in [0.1, 0.15) is 6.10 Å². The number of carbonyl (C=O) groups is 2. The van der Waals surface area contributed by atoms with E-state index in [0.717, 1.165) is 0 Å². The molecule has 3 rings (SSSR count). The van der Waals surface area contributed by atoms with Crippen molar-refractivity contribution in [2.24, 2.45) is 0 Å². The number of aliphatic hydroxyl groups is 1. The molecule has 14 heteroatoms. The minimum atomic E-state index is -1.57. The number of aliphatic hydroxyl groups excluding tert-OH is 1. The lowest BCUT2D eigenvalue weighted by molar-refractivity contribution is -0.385. The Morgan fingerprint density at radius 1 is 0.879 bits per heavy atom. The summed E-state index contributed by atoms with van der Waals surface area (Å²) in [4.78, 5) is 44.6. The first-order chi connectivity index (χ1) is 15.7. The van der Waals surface area contributed by atoms with E-state index < -0.39 is 40.5 Å². The van der Waals surface area contributed by atoms with Crippen LogP contribution in [0.5, 0.6) is 0 Å². The molecule has 14 nitrogen and oxygen atoms in total. The number of amides is 2. The van der Waals surface area contributed by atoms with E-state index in [0.29, 0.717) is 0 Å². The van der Waals surface area contributed by atoms with E-state index in [1.54, 1.807) is 0 Å². The van der Waals surface area contributed by atoms with Gasteiger partial charge in [-0.1, -0.05) is 0 Å². The highest BCUT2D eigenvalue weighted by atomic mass is 16.7. The molecule has 0 aromatic heterocycles. The van der Waals surface area contributed by atoms with Crippen molar-refractivity contribution in [2.45, 2.75) is 24.9 Å². The third-order valence-corrected chi connectivity index (χ3v) is 4.49. The summed E-state index contributed by atoms with van der Waals surface area (Å²) in [5, 5.41) is 36.2. The van der Waals surface area contributed by atoms with Gasteiger partial charge in [0.25, 0.3) is 11.4 Å². The van der Waals surface area contributed by atoms with Crippen molar-refractivity contribution < 1.29 is 38.8 Å². The van der Waals surface area contributed by atoms with Gasteiger partial charge in [-0.3, -0.25) is 30.9 Å². The highest BCUT2D eigenvalue weighted by Gasteiger charge is 2.39. The van der Waals surface area contributed by atoms with E-state index in [2.05, 4.69) is 10.6 Å². The van der Waals surface area contributed by atoms with Gasteiger partial charge in [-0.05, 0) is 24.3 Å². The Morgan fingerprint density at radius 2 is 1.33 bits per heavy atom.